The van der Waals surface area contributed by atoms with Gasteiger partial charge in [-0.1, -0.05) is 51.7 Å². The quantitative estimate of drug-likeness (QED) is 0.409. The Labute approximate surface area is 173 Å². The topological polar surface area (TPSA) is 37.4 Å². The Hall–Kier alpha value is -1.48. The van der Waals surface area contributed by atoms with Gasteiger partial charge < -0.3 is 9.69 Å². The number of benzene rings is 1. The minimum absolute atomic E-state index is 0.167. The first-order valence-corrected chi connectivity index (χ1v) is 11.1. The van der Waals surface area contributed by atoms with E-state index in [1.54, 1.807) is 0 Å². The lowest BCUT2D eigenvalue weighted by atomic mass is 10.0. The molecule has 1 fully saturated rings. The highest BCUT2D eigenvalue weighted by Gasteiger charge is 2.07. The van der Waals surface area contributed by atoms with Gasteiger partial charge in [-0.05, 0) is 83.8 Å². The molecule has 160 valence electrons. The van der Waals surface area contributed by atoms with Crippen molar-refractivity contribution in [2.24, 2.45) is 0 Å². The van der Waals surface area contributed by atoms with Gasteiger partial charge in [0.05, 0.1) is 0 Å². The first kappa shape index (κ1) is 26.5. The Kier molecular flexibility index (Phi) is 15.6. The van der Waals surface area contributed by atoms with Gasteiger partial charge in [0.1, 0.15) is 5.78 Å². The largest absolute Gasteiger partial charge is 0.303 e. The number of hydrogen-bond donors (Lipinski definition) is 0. The molecular weight excluding hydrogens is 346 g/mol. The van der Waals surface area contributed by atoms with Gasteiger partial charge in [-0.15, -0.1) is 0 Å². The van der Waals surface area contributed by atoms with Gasteiger partial charge in [0.2, 0.25) is 0 Å². The molecule has 0 amide bonds. The first-order chi connectivity index (χ1) is 13.3. The molecule has 28 heavy (non-hydrogen) atoms. The van der Waals surface area contributed by atoms with Gasteiger partial charge in [0, 0.05) is 12.0 Å². The van der Waals surface area contributed by atoms with E-state index in [0.717, 1.165) is 5.56 Å². The van der Waals surface area contributed by atoms with Crippen molar-refractivity contribution in [3.63, 3.8) is 0 Å². The second-order valence-corrected chi connectivity index (χ2v) is 7.95. The molecule has 0 N–H and O–H groups in total. The number of rotatable bonds is 6. The summed E-state index contributed by atoms with van der Waals surface area (Å²) >= 11 is 0. The molecule has 3 heteroatoms. The molecule has 0 atom stereocenters. The Morgan fingerprint density at radius 1 is 0.893 bits per heavy atom. The summed E-state index contributed by atoms with van der Waals surface area (Å²) in [5, 5.41) is 0. The molecule has 1 aliphatic heterocycles. The van der Waals surface area contributed by atoms with Gasteiger partial charge in [-0.25, -0.2) is 0 Å². The maximum Gasteiger partial charge on any atom is 0.162 e. The van der Waals surface area contributed by atoms with Crippen molar-refractivity contribution < 1.29 is 9.59 Å². The number of Topliss-reactive ketones (excluding diaryl/α,β-unsaturated/α-hetero) is 2. The summed E-state index contributed by atoms with van der Waals surface area (Å²) in [6.45, 7) is 15.4. The molecule has 1 saturated heterocycles. The summed E-state index contributed by atoms with van der Waals surface area (Å²) in [6, 6.07) is 5.85. The molecule has 0 aliphatic carbocycles. The molecule has 0 unspecified atom stereocenters. The van der Waals surface area contributed by atoms with Crippen molar-refractivity contribution >= 4 is 11.6 Å². The maximum absolute atomic E-state index is 11.3. The third kappa shape index (κ3) is 13.7. The number of unbranched alkanes of at least 4 members (excludes halogenated alkanes) is 2. The van der Waals surface area contributed by atoms with E-state index in [1.807, 2.05) is 32.0 Å². The van der Waals surface area contributed by atoms with E-state index in [0.29, 0.717) is 6.42 Å². The maximum atomic E-state index is 11.3. The van der Waals surface area contributed by atoms with Crippen molar-refractivity contribution in [1.82, 2.24) is 4.90 Å². The van der Waals surface area contributed by atoms with Crippen molar-refractivity contribution in [1.29, 1.82) is 0 Å². The molecule has 0 saturated carbocycles. The molecule has 0 spiro atoms. The highest BCUT2D eigenvalue weighted by molar-refractivity contribution is 5.96. The zero-order valence-corrected chi connectivity index (χ0v) is 19.3. The van der Waals surface area contributed by atoms with Crippen LogP contribution in [0.4, 0.5) is 0 Å². The molecule has 3 nitrogen and oxygen atoms in total. The number of likely N-dealkylation sites (tertiary alicyclic amines) is 1. The van der Waals surface area contributed by atoms with E-state index < -0.39 is 0 Å². The van der Waals surface area contributed by atoms with Crippen LogP contribution in [0.1, 0.15) is 101 Å². The lowest BCUT2D eigenvalue weighted by Crippen LogP contribution is -2.25. The van der Waals surface area contributed by atoms with Crippen LogP contribution in [0.2, 0.25) is 0 Å². The minimum Gasteiger partial charge on any atom is -0.303 e. The van der Waals surface area contributed by atoms with Gasteiger partial charge in [-0.3, -0.25) is 4.79 Å². The molecule has 1 aromatic carbocycles. The van der Waals surface area contributed by atoms with Crippen LogP contribution in [0, 0.1) is 13.8 Å². The fourth-order valence-corrected chi connectivity index (χ4v) is 3.06. The van der Waals surface area contributed by atoms with Crippen LogP contribution >= 0.6 is 0 Å². The number of carbonyl (C=O) groups excluding carboxylic acids is 2. The van der Waals surface area contributed by atoms with E-state index in [-0.39, 0.29) is 11.6 Å². The second kappa shape index (κ2) is 16.5. The molecule has 0 bridgehead atoms. The fourth-order valence-electron chi connectivity index (χ4n) is 3.06. The molecular formula is C25H43NO2. The van der Waals surface area contributed by atoms with Crippen molar-refractivity contribution in [3.8, 4) is 0 Å². The molecule has 0 radical (unpaired) electrons. The summed E-state index contributed by atoms with van der Waals surface area (Å²) in [5.41, 5.74) is 3.26. The van der Waals surface area contributed by atoms with Crippen LogP contribution in [0.3, 0.4) is 0 Å². The van der Waals surface area contributed by atoms with Crippen molar-refractivity contribution in [2.45, 2.75) is 92.9 Å². The first-order valence-electron chi connectivity index (χ1n) is 11.1. The average Bonchev–Trinajstić information content (AvgIpc) is 2.92. The third-order valence-corrected chi connectivity index (χ3v) is 4.93. The van der Waals surface area contributed by atoms with Crippen LogP contribution in [-0.2, 0) is 4.79 Å². The summed E-state index contributed by atoms with van der Waals surface area (Å²) in [4.78, 5) is 23.4. The van der Waals surface area contributed by atoms with Crippen molar-refractivity contribution in [2.75, 3.05) is 19.6 Å². The summed E-state index contributed by atoms with van der Waals surface area (Å²) in [6.07, 6.45) is 10.6. The van der Waals surface area contributed by atoms with E-state index in [9.17, 15) is 9.59 Å². The molecule has 1 heterocycles. The Bertz CT molecular complexity index is 554. The lowest BCUT2D eigenvalue weighted by molar-refractivity contribution is -0.115. The van der Waals surface area contributed by atoms with E-state index in [1.165, 1.54) is 89.6 Å². The van der Waals surface area contributed by atoms with Gasteiger partial charge in [0.25, 0.3) is 0 Å². The zero-order chi connectivity index (χ0) is 21.4. The number of hydrogen-bond acceptors (Lipinski definition) is 3. The Morgan fingerprint density at radius 2 is 1.46 bits per heavy atom. The Balaban J connectivity index is 0.000000439. The van der Waals surface area contributed by atoms with Gasteiger partial charge in [-0.2, -0.15) is 0 Å². The number of carbonyl (C=O) groups is 2. The van der Waals surface area contributed by atoms with Crippen LogP contribution in [0.15, 0.2) is 18.2 Å². The van der Waals surface area contributed by atoms with E-state index in [2.05, 4.69) is 18.7 Å². The van der Waals surface area contributed by atoms with Crippen LogP contribution in [-0.4, -0.2) is 36.1 Å². The standard InChI is InChI=1S/C11H23N.C11H14O.C3H6O/c1-2-3-6-9-12-10-7-4-5-8-11-12;1-4-11(12)10-6-5-8(2)9(3)7-10;1-3(2)4/h2-11H2,1H3;5-7H,4H2,1-3H3;1-2H3. The summed E-state index contributed by atoms with van der Waals surface area (Å²) in [7, 11) is 0. The molecule has 2 rings (SSSR count). The minimum atomic E-state index is 0.167. The SMILES string of the molecule is CC(C)=O.CCC(=O)c1ccc(C)c(C)c1.CCCCCN1CCCCCC1. The van der Waals surface area contributed by atoms with E-state index >= 15 is 0 Å². The summed E-state index contributed by atoms with van der Waals surface area (Å²) in [5.74, 6) is 0.387. The predicted octanol–water partition coefficient (Wildman–Crippen LogP) is 6.54. The molecule has 1 aromatic rings. The van der Waals surface area contributed by atoms with Gasteiger partial charge >= 0.3 is 0 Å². The third-order valence-electron chi connectivity index (χ3n) is 4.93. The number of nitrogens with zero attached hydrogens (tertiary/aromatic N) is 1. The monoisotopic (exact) mass is 389 g/mol. The number of aryl methyl sites for hydroxylation is 2. The average molecular weight is 390 g/mol. The van der Waals surface area contributed by atoms with Crippen LogP contribution in [0.5, 0.6) is 0 Å². The zero-order valence-electron chi connectivity index (χ0n) is 19.3. The second-order valence-electron chi connectivity index (χ2n) is 7.95. The van der Waals surface area contributed by atoms with Gasteiger partial charge in [0.15, 0.2) is 5.78 Å². The van der Waals surface area contributed by atoms with E-state index in [4.69, 9.17) is 0 Å². The lowest BCUT2D eigenvalue weighted by Gasteiger charge is -2.18. The Morgan fingerprint density at radius 3 is 1.93 bits per heavy atom. The highest BCUT2D eigenvalue weighted by Crippen LogP contribution is 2.11. The summed E-state index contributed by atoms with van der Waals surface area (Å²) < 4.78 is 0. The molecule has 1 aliphatic rings. The van der Waals surface area contributed by atoms with Crippen LogP contribution in [0.25, 0.3) is 0 Å². The fraction of sp³-hybridized carbons (Fsp3) is 0.680. The number of ketones is 2. The van der Waals surface area contributed by atoms with Crippen molar-refractivity contribution in [3.05, 3.63) is 34.9 Å². The highest BCUT2D eigenvalue weighted by atomic mass is 16.1. The molecule has 0 aromatic heterocycles. The van der Waals surface area contributed by atoms with Crippen LogP contribution < -0.4 is 0 Å². The predicted molar refractivity (Wildman–Crippen MR) is 121 cm³/mol. The normalized spacial score (nSPS) is 14.1. The smallest absolute Gasteiger partial charge is 0.162 e.